The van der Waals surface area contributed by atoms with Crippen molar-refractivity contribution in [2.75, 3.05) is 24.5 Å². The molecule has 1 aliphatic rings. The van der Waals surface area contributed by atoms with Gasteiger partial charge in [-0.05, 0) is 61.2 Å². The Balaban J connectivity index is 1.43. The second-order valence-corrected chi connectivity index (χ2v) is 10.1. The van der Waals surface area contributed by atoms with E-state index in [4.69, 9.17) is 4.98 Å². The smallest absolute Gasteiger partial charge is 0.123 e. The molecule has 0 amide bonds. The van der Waals surface area contributed by atoms with Crippen LogP contribution in [0.25, 0.3) is 21.1 Å². The number of piperidine rings is 1. The summed E-state index contributed by atoms with van der Waals surface area (Å²) in [6.07, 6.45) is 2.29. The summed E-state index contributed by atoms with van der Waals surface area (Å²) in [6.45, 7) is 8.76. The van der Waals surface area contributed by atoms with Crippen molar-refractivity contribution in [1.29, 1.82) is 0 Å². The second-order valence-electron chi connectivity index (χ2n) is 9.20. The SMILES string of the molecule is CC(C)CN1CCC(N(Cc2ccc3cc(F)ccc3n2)c2ccc3ncsc3c2)CC1. The number of thiazole rings is 1. The Morgan fingerprint density at radius 1 is 1.06 bits per heavy atom. The number of pyridine rings is 1. The van der Waals surface area contributed by atoms with E-state index >= 15 is 0 Å². The predicted molar refractivity (Wildman–Crippen MR) is 132 cm³/mol. The fourth-order valence-corrected chi connectivity index (χ4v) is 5.49. The molecular weight excluding hydrogens is 419 g/mol. The molecule has 1 aliphatic heterocycles. The highest BCUT2D eigenvalue weighted by Gasteiger charge is 2.26. The van der Waals surface area contributed by atoms with E-state index in [-0.39, 0.29) is 5.82 Å². The molecule has 1 saturated heterocycles. The normalized spacial score (nSPS) is 15.8. The fourth-order valence-electron chi connectivity index (χ4n) is 4.78. The molecule has 0 atom stereocenters. The fraction of sp³-hybridized carbons (Fsp3) is 0.385. The maximum atomic E-state index is 13.6. The first-order valence-electron chi connectivity index (χ1n) is 11.4. The number of halogens is 1. The monoisotopic (exact) mass is 448 g/mol. The summed E-state index contributed by atoms with van der Waals surface area (Å²) in [6, 6.07) is 15.9. The first-order chi connectivity index (χ1) is 15.5. The molecule has 2 aromatic carbocycles. The predicted octanol–water partition coefficient (Wildman–Crippen LogP) is 6.11. The third kappa shape index (κ3) is 4.62. The van der Waals surface area contributed by atoms with Crippen molar-refractivity contribution >= 4 is 38.1 Å². The Kier molecular flexibility index (Phi) is 6.07. The summed E-state index contributed by atoms with van der Waals surface area (Å²) in [7, 11) is 0. The van der Waals surface area contributed by atoms with Crippen molar-refractivity contribution in [3.05, 3.63) is 65.6 Å². The molecule has 4 aromatic rings. The van der Waals surface area contributed by atoms with Crippen LogP contribution >= 0.6 is 11.3 Å². The zero-order chi connectivity index (χ0) is 22.1. The van der Waals surface area contributed by atoms with Crippen LogP contribution in [0.15, 0.2) is 54.0 Å². The highest BCUT2D eigenvalue weighted by atomic mass is 32.1. The number of nitrogens with zero attached hydrogens (tertiary/aromatic N) is 4. The van der Waals surface area contributed by atoms with Gasteiger partial charge >= 0.3 is 0 Å². The van der Waals surface area contributed by atoms with Crippen LogP contribution in [-0.2, 0) is 6.54 Å². The minimum absolute atomic E-state index is 0.223. The summed E-state index contributed by atoms with van der Waals surface area (Å²) in [5.41, 5.74) is 6.04. The third-order valence-corrected chi connectivity index (χ3v) is 7.10. The molecular formula is C26H29FN4S. The molecule has 0 bridgehead atoms. The molecule has 0 saturated carbocycles. The van der Waals surface area contributed by atoms with Gasteiger partial charge in [-0.3, -0.25) is 4.98 Å². The van der Waals surface area contributed by atoms with Crippen molar-refractivity contribution < 1.29 is 4.39 Å². The van der Waals surface area contributed by atoms with Crippen LogP contribution in [0.3, 0.4) is 0 Å². The molecule has 166 valence electrons. The first kappa shape index (κ1) is 21.3. The van der Waals surface area contributed by atoms with Gasteiger partial charge < -0.3 is 9.80 Å². The minimum Gasteiger partial charge on any atom is -0.363 e. The van der Waals surface area contributed by atoms with Crippen LogP contribution in [0, 0.1) is 11.7 Å². The van der Waals surface area contributed by atoms with Crippen LogP contribution in [-0.4, -0.2) is 40.5 Å². The van der Waals surface area contributed by atoms with E-state index in [9.17, 15) is 4.39 Å². The van der Waals surface area contributed by atoms with Gasteiger partial charge in [-0.2, -0.15) is 0 Å². The Bertz CT molecular complexity index is 1210. The molecule has 0 radical (unpaired) electrons. The van der Waals surface area contributed by atoms with Crippen molar-refractivity contribution in [3.63, 3.8) is 0 Å². The highest BCUT2D eigenvalue weighted by Crippen LogP contribution is 2.30. The Morgan fingerprint density at radius 3 is 2.69 bits per heavy atom. The van der Waals surface area contributed by atoms with E-state index in [0.29, 0.717) is 12.0 Å². The largest absolute Gasteiger partial charge is 0.363 e. The maximum Gasteiger partial charge on any atom is 0.123 e. The molecule has 0 N–H and O–H groups in total. The molecule has 0 aliphatic carbocycles. The molecule has 1 fully saturated rings. The Hall–Kier alpha value is -2.57. The number of hydrogen-bond acceptors (Lipinski definition) is 5. The second kappa shape index (κ2) is 9.12. The lowest BCUT2D eigenvalue weighted by molar-refractivity contribution is 0.189. The van der Waals surface area contributed by atoms with E-state index in [0.717, 1.165) is 54.6 Å². The quantitative estimate of drug-likeness (QED) is 0.356. The summed E-state index contributed by atoms with van der Waals surface area (Å²) < 4.78 is 14.8. The minimum atomic E-state index is -0.223. The number of hydrogen-bond donors (Lipinski definition) is 0. The maximum absolute atomic E-state index is 13.6. The average molecular weight is 449 g/mol. The van der Waals surface area contributed by atoms with E-state index < -0.39 is 0 Å². The van der Waals surface area contributed by atoms with Crippen molar-refractivity contribution in [1.82, 2.24) is 14.9 Å². The van der Waals surface area contributed by atoms with Crippen LogP contribution < -0.4 is 4.90 Å². The Morgan fingerprint density at radius 2 is 1.88 bits per heavy atom. The molecule has 2 aromatic heterocycles. The lowest BCUT2D eigenvalue weighted by Gasteiger charge is -2.40. The number of benzene rings is 2. The molecule has 5 rings (SSSR count). The van der Waals surface area contributed by atoms with Gasteiger partial charge in [0.2, 0.25) is 0 Å². The van der Waals surface area contributed by atoms with Gasteiger partial charge in [0.1, 0.15) is 5.82 Å². The van der Waals surface area contributed by atoms with Gasteiger partial charge in [0.15, 0.2) is 0 Å². The van der Waals surface area contributed by atoms with Crippen LogP contribution in [0.5, 0.6) is 0 Å². The summed E-state index contributed by atoms with van der Waals surface area (Å²) in [5, 5.41) is 0.841. The van der Waals surface area contributed by atoms with Gasteiger partial charge in [0.05, 0.1) is 33.5 Å². The Labute approximate surface area is 192 Å². The number of aromatic nitrogens is 2. The van der Waals surface area contributed by atoms with Crippen LogP contribution in [0.1, 0.15) is 32.4 Å². The number of anilines is 1. The zero-order valence-corrected chi connectivity index (χ0v) is 19.5. The molecule has 32 heavy (non-hydrogen) atoms. The van der Waals surface area contributed by atoms with Crippen LogP contribution in [0.4, 0.5) is 10.1 Å². The lowest BCUT2D eigenvalue weighted by atomic mass is 10.0. The number of fused-ring (bicyclic) bond motifs is 2. The van der Waals surface area contributed by atoms with Crippen molar-refractivity contribution in [2.45, 2.75) is 39.3 Å². The topological polar surface area (TPSA) is 32.3 Å². The summed E-state index contributed by atoms with van der Waals surface area (Å²) >= 11 is 1.69. The van der Waals surface area contributed by atoms with Gasteiger partial charge in [0, 0.05) is 36.7 Å². The van der Waals surface area contributed by atoms with E-state index in [1.54, 1.807) is 23.5 Å². The zero-order valence-electron chi connectivity index (χ0n) is 18.7. The standard InChI is InChI=1S/C26H29FN4S/c1-18(2)15-30-11-9-22(10-12-30)31(23-6-8-25-26(14-23)32-17-28-25)16-21-5-3-19-13-20(27)4-7-24(19)29-21/h3-8,13-14,17-18,22H,9-12,15-16H2,1-2H3. The average Bonchev–Trinajstić information content (AvgIpc) is 3.26. The summed E-state index contributed by atoms with van der Waals surface area (Å²) in [4.78, 5) is 14.4. The van der Waals surface area contributed by atoms with Gasteiger partial charge in [0.25, 0.3) is 0 Å². The number of rotatable bonds is 6. The van der Waals surface area contributed by atoms with E-state index in [1.807, 2.05) is 17.6 Å². The third-order valence-electron chi connectivity index (χ3n) is 6.31. The molecule has 0 spiro atoms. The van der Waals surface area contributed by atoms with E-state index in [2.05, 4.69) is 46.8 Å². The van der Waals surface area contributed by atoms with Crippen molar-refractivity contribution in [3.8, 4) is 0 Å². The van der Waals surface area contributed by atoms with Crippen molar-refractivity contribution in [2.24, 2.45) is 5.92 Å². The molecule has 4 nitrogen and oxygen atoms in total. The number of likely N-dealkylation sites (tertiary alicyclic amines) is 1. The molecule has 3 heterocycles. The summed E-state index contributed by atoms with van der Waals surface area (Å²) in [5.74, 6) is 0.475. The van der Waals surface area contributed by atoms with Gasteiger partial charge in [-0.1, -0.05) is 19.9 Å². The van der Waals surface area contributed by atoms with E-state index in [1.165, 1.54) is 23.0 Å². The molecule has 0 unspecified atom stereocenters. The van der Waals surface area contributed by atoms with Crippen LogP contribution in [0.2, 0.25) is 0 Å². The van der Waals surface area contributed by atoms with Gasteiger partial charge in [-0.15, -0.1) is 11.3 Å². The molecule has 6 heteroatoms. The highest BCUT2D eigenvalue weighted by molar-refractivity contribution is 7.16. The first-order valence-corrected chi connectivity index (χ1v) is 12.3. The van der Waals surface area contributed by atoms with Gasteiger partial charge in [-0.25, -0.2) is 9.37 Å². The lowest BCUT2D eigenvalue weighted by Crippen LogP contribution is -2.45.